The lowest BCUT2D eigenvalue weighted by Crippen LogP contribution is -2.14. The van der Waals surface area contributed by atoms with Crippen LogP contribution in [-0.4, -0.2) is 6.61 Å². The van der Waals surface area contributed by atoms with Crippen molar-refractivity contribution in [2.75, 3.05) is 6.61 Å². The lowest BCUT2D eigenvalue weighted by atomic mass is 9.99. The summed E-state index contributed by atoms with van der Waals surface area (Å²) in [5, 5.41) is 1.77. The van der Waals surface area contributed by atoms with Gasteiger partial charge in [0.05, 0.1) is 6.61 Å². The van der Waals surface area contributed by atoms with E-state index in [1.54, 1.807) is 12.1 Å². The molecule has 21 heavy (non-hydrogen) atoms. The highest BCUT2D eigenvalue weighted by Gasteiger charge is 2.26. The molecule has 0 radical (unpaired) electrons. The van der Waals surface area contributed by atoms with Crippen molar-refractivity contribution in [3.05, 3.63) is 42.5 Å². The van der Waals surface area contributed by atoms with Gasteiger partial charge in [-0.2, -0.15) is 0 Å². The number of hydrogen-bond acceptors (Lipinski definition) is 4. The first-order chi connectivity index (χ1) is 9.77. The summed E-state index contributed by atoms with van der Waals surface area (Å²) in [4.78, 5) is 4.93. The Morgan fingerprint density at radius 3 is 2.48 bits per heavy atom. The van der Waals surface area contributed by atoms with Gasteiger partial charge in [0.15, 0.2) is 0 Å². The van der Waals surface area contributed by atoms with E-state index in [2.05, 4.69) is 0 Å². The van der Waals surface area contributed by atoms with Crippen LogP contribution < -0.4 is 4.52 Å². The minimum Gasteiger partial charge on any atom is -0.411 e. The molecule has 0 amide bonds. The zero-order valence-corrected chi connectivity index (χ0v) is 13.9. The van der Waals surface area contributed by atoms with Crippen LogP contribution in [0.4, 0.5) is 0 Å². The zero-order valence-electron chi connectivity index (χ0n) is 12.2. The molecule has 0 N–H and O–H groups in total. The molecule has 1 unspecified atom stereocenters. The standard InChI is InChI=1S/C15H18ClO4P/c1-15(2,3)11-18-20-21(16,17)19-14-10-6-8-12-7-4-5-9-13(12)14/h4-10H,11H2,1-3H3. The maximum atomic E-state index is 12.1. The van der Waals surface area contributed by atoms with E-state index < -0.39 is 6.95 Å². The predicted molar refractivity (Wildman–Crippen MR) is 84.5 cm³/mol. The minimum absolute atomic E-state index is 0.129. The summed E-state index contributed by atoms with van der Waals surface area (Å²) in [7, 11) is 0. The van der Waals surface area contributed by atoms with Gasteiger partial charge in [0.25, 0.3) is 0 Å². The lowest BCUT2D eigenvalue weighted by molar-refractivity contribution is -0.226. The molecule has 4 nitrogen and oxygen atoms in total. The van der Waals surface area contributed by atoms with Gasteiger partial charge in [0.2, 0.25) is 0 Å². The molecule has 2 aromatic rings. The van der Waals surface area contributed by atoms with Gasteiger partial charge >= 0.3 is 6.95 Å². The van der Waals surface area contributed by atoms with E-state index in [0.717, 1.165) is 10.8 Å². The fourth-order valence-corrected chi connectivity index (χ4v) is 2.62. The molecule has 0 aromatic heterocycles. The van der Waals surface area contributed by atoms with Crippen molar-refractivity contribution in [2.45, 2.75) is 20.8 Å². The van der Waals surface area contributed by atoms with E-state index in [9.17, 15) is 4.57 Å². The highest BCUT2D eigenvalue weighted by atomic mass is 35.7. The van der Waals surface area contributed by atoms with Crippen LogP contribution in [0.25, 0.3) is 10.8 Å². The van der Waals surface area contributed by atoms with Crippen LogP contribution in [0.5, 0.6) is 5.75 Å². The van der Waals surface area contributed by atoms with Gasteiger partial charge in [-0.1, -0.05) is 57.2 Å². The molecule has 1 atom stereocenters. The van der Waals surface area contributed by atoms with Gasteiger partial charge in [-0.25, -0.2) is 9.45 Å². The van der Waals surface area contributed by atoms with E-state index in [0.29, 0.717) is 5.75 Å². The molecule has 0 heterocycles. The molecule has 0 saturated carbocycles. The highest BCUT2D eigenvalue weighted by molar-refractivity contribution is 7.81. The Morgan fingerprint density at radius 2 is 1.76 bits per heavy atom. The summed E-state index contributed by atoms with van der Waals surface area (Å²) in [6.07, 6.45) is 0. The molecule has 0 bridgehead atoms. The summed E-state index contributed by atoms with van der Waals surface area (Å²) >= 11 is 5.79. The Hall–Kier alpha value is -1.06. The Kier molecular flexibility index (Phi) is 4.95. The van der Waals surface area contributed by atoms with Gasteiger partial charge in [-0.05, 0) is 16.9 Å². The van der Waals surface area contributed by atoms with Gasteiger partial charge in [-0.15, -0.1) is 4.67 Å². The van der Waals surface area contributed by atoms with Crippen LogP contribution in [0.2, 0.25) is 0 Å². The first-order valence-corrected chi connectivity index (χ1v) is 9.00. The topological polar surface area (TPSA) is 44.8 Å². The molecule has 6 heteroatoms. The van der Waals surface area contributed by atoms with E-state index in [-0.39, 0.29) is 12.0 Å². The number of halogens is 1. The molecule has 0 fully saturated rings. The molecule has 114 valence electrons. The Balaban J connectivity index is 2.10. The molecular formula is C15H18ClO4P. The number of benzene rings is 2. The molecule has 0 aliphatic rings. The summed E-state index contributed by atoms with van der Waals surface area (Å²) in [5.74, 6) is 0.394. The fraction of sp³-hybridized carbons (Fsp3) is 0.333. The minimum atomic E-state index is -3.85. The average molecular weight is 329 g/mol. The molecule has 0 saturated heterocycles. The first-order valence-electron chi connectivity index (χ1n) is 6.55. The molecule has 0 spiro atoms. The highest BCUT2D eigenvalue weighted by Crippen LogP contribution is 2.54. The van der Waals surface area contributed by atoms with Gasteiger partial charge in [0.1, 0.15) is 5.75 Å². The second kappa shape index (κ2) is 6.37. The second-order valence-corrected chi connectivity index (χ2v) is 8.33. The van der Waals surface area contributed by atoms with Crippen molar-refractivity contribution in [3.63, 3.8) is 0 Å². The SMILES string of the molecule is CC(C)(C)COOP(=O)(Cl)Oc1cccc2ccccc12. The smallest absolute Gasteiger partial charge is 0.411 e. The van der Waals surface area contributed by atoms with Crippen LogP contribution in [-0.2, 0) is 14.1 Å². The third-order valence-corrected chi connectivity index (χ3v) is 3.66. The van der Waals surface area contributed by atoms with Gasteiger partial charge in [-0.3, -0.25) is 0 Å². The molecule has 2 rings (SSSR count). The van der Waals surface area contributed by atoms with Crippen molar-refractivity contribution < 1.29 is 18.7 Å². The van der Waals surface area contributed by atoms with Gasteiger partial charge < -0.3 is 4.52 Å². The van der Waals surface area contributed by atoms with Crippen molar-refractivity contribution in [1.29, 1.82) is 0 Å². The van der Waals surface area contributed by atoms with Crippen molar-refractivity contribution in [3.8, 4) is 5.75 Å². The normalized spacial score (nSPS) is 14.9. The average Bonchev–Trinajstić information content (AvgIpc) is 2.37. The molecule has 2 aromatic carbocycles. The number of hydrogen-bond donors (Lipinski definition) is 0. The van der Waals surface area contributed by atoms with E-state index in [1.165, 1.54) is 0 Å². The number of rotatable bonds is 5. The van der Waals surface area contributed by atoms with E-state index >= 15 is 0 Å². The summed E-state index contributed by atoms with van der Waals surface area (Å²) in [6, 6.07) is 13.0. The summed E-state index contributed by atoms with van der Waals surface area (Å²) in [5.41, 5.74) is -0.129. The van der Waals surface area contributed by atoms with Crippen molar-refractivity contribution >= 4 is 29.0 Å². The fourth-order valence-electron chi connectivity index (χ4n) is 1.67. The van der Waals surface area contributed by atoms with Crippen LogP contribution in [0.3, 0.4) is 0 Å². The van der Waals surface area contributed by atoms with Gasteiger partial charge in [0, 0.05) is 16.6 Å². The Bertz CT molecular complexity index is 661. The maximum Gasteiger partial charge on any atom is 0.503 e. The lowest BCUT2D eigenvalue weighted by Gasteiger charge is -2.18. The largest absolute Gasteiger partial charge is 0.503 e. The van der Waals surface area contributed by atoms with Crippen LogP contribution in [0.15, 0.2) is 42.5 Å². The quantitative estimate of drug-likeness (QED) is 0.409. The van der Waals surface area contributed by atoms with E-state index in [1.807, 2.05) is 51.1 Å². The summed E-state index contributed by atoms with van der Waals surface area (Å²) in [6.45, 7) is 2.28. The Morgan fingerprint density at radius 1 is 1.10 bits per heavy atom. The zero-order chi connectivity index (χ0) is 15.5. The van der Waals surface area contributed by atoms with Crippen molar-refractivity contribution in [1.82, 2.24) is 0 Å². The summed E-state index contributed by atoms with van der Waals surface area (Å²) < 4.78 is 22.2. The van der Waals surface area contributed by atoms with E-state index in [4.69, 9.17) is 25.3 Å². The van der Waals surface area contributed by atoms with Crippen LogP contribution >= 0.6 is 18.2 Å². The van der Waals surface area contributed by atoms with Crippen LogP contribution in [0.1, 0.15) is 20.8 Å². The van der Waals surface area contributed by atoms with Crippen molar-refractivity contribution in [2.24, 2.45) is 5.41 Å². The molecular weight excluding hydrogens is 311 g/mol. The monoisotopic (exact) mass is 328 g/mol. The predicted octanol–water partition coefficient (Wildman–Crippen LogP) is 5.56. The number of fused-ring (bicyclic) bond motifs is 1. The maximum absolute atomic E-state index is 12.1. The molecule has 0 aliphatic carbocycles. The van der Waals surface area contributed by atoms with Crippen LogP contribution in [0, 0.1) is 5.41 Å². The molecule has 0 aliphatic heterocycles. The first kappa shape index (κ1) is 16.3. The third kappa shape index (κ3) is 5.01. The Labute approximate surface area is 129 Å². The second-order valence-electron chi connectivity index (χ2n) is 5.90. The third-order valence-electron chi connectivity index (χ3n) is 2.59.